The molecule has 1 aromatic rings. The Bertz CT molecular complexity index is 590. The third-order valence-corrected chi connectivity index (χ3v) is 4.81. The number of benzene rings is 1. The molecular weight excluding hydrogens is 304 g/mol. The average Bonchev–Trinajstić information content (AvgIpc) is 3.45. The van der Waals surface area contributed by atoms with Crippen molar-refractivity contribution in [3.63, 3.8) is 0 Å². The summed E-state index contributed by atoms with van der Waals surface area (Å²) in [6, 6.07) is 7.95. The van der Waals surface area contributed by atoms with E-state index in [1.54, 1.807) is 0 Å². The number of nitrogens with zero attached hydrogens (tertiary/aromatic N) is 1. The second-order valence-corrected chi connectivity index (χ2v) is 6.69. The first-order valence-corrected chi connectivity index (χ1v) is 8.96. The minimum Gasteiger partial charge on any atom is -0.483 e. The summed E-state index contributed by atoms with van der Waals surface area (Å²) in [6.45, 7) is 3.61. The zero-order valence-electron chi connectivity index (χ0n) is 14.3. The maximum Gasteiger partial charge on any atom is 0.258 e. The summed E-state index contributed by atoms with van der Waals surface area (Å²) in [7, 11) is 0. The SMILES string of the molecule is CCc1ccccc1OCC(=O)NC1CCN(C(=O)C2CC2)CC1. The zero-order chi connectivity index (χ0) is 16.9. The van der Waals surface area contributed by atoms with Crippen LogP contribution in [-0.2, 0) is 16.0 Å². The quantitative estimate of drug-likeness (QED) is 0.869. The van der Waals surface area contributed by atoms with Gasteiger partial charge in [-0.15, -0.1) is 0 Å². The predicted molar refractivity (Wildman–Crippen MR) is 91.8 cm³/mol. The van der Waals surface area contributed by atoms with E-state index in [0.717, 1.165) is 56.5 Å². The fourth-order valence-electron chi connectivity index (χ4n) is 3.18. The van der Waals surface area contributed by atoms with Gasteiger partial charge in [-0.2, -0.15) is 0 Å². The highest BCUT2D eigenvalue weighted by molar-refractivity contribution is 5.81. The fourth-order valence-corrected chi connectivity index (χ4v) is 3.18. The number of rotatable bonds is 6. The molecule has 24 heavy (non-hydrogen) atoms. The lowest BCUT2D eigenvalue weighted by atomic mass is 10.0. The molecule has 5 nitrogen and oxygen atoms in total. The molecule has 0 radical (unpaired) electrons. The van der Waals surface area contributed by atoms with Gasteiger partial charge >= 0.3 is 0 Å². The molecule has 1 aromatic carbocycles. The van der Waals surface area contributed by atoms with Crippen LogP contribution < -0.4 is 10.1 Å². The van der Waals surface area contributed by atoms with Crippen molar-refractivity contribution in [3.05, 3.63) is 29.8 Å². The van der Waals surface area contributed by atoms with Gasteiger partial charge in [0.2, 0.25) is 5.91 Å². The van der Waals surface area contributed by atoms with E-state index in [9.17, 15) is 9.59 Å². The molecule has 2 aliphatic rings. The predicted octanol–water partition coefficient (Wildman–Crippen LogP) is 2.14. The Labute approximate surface area is 143 Å². The zero-order valence-corrected chi connectivity index (χ0v) is 14.3. The van der Waals surface area contributed by atoms with Crippen molar-refractivity contribution < 1.29 is 14.3 Å². The van der Waals surface area contributed by atoms with Crippen molar-refractivity contribution in [3.8, 4) is 5.75 Å². The van der Waals surface area contributed by atoms with Gasteiger partial charge < -0.3 is 15.0 Å². The standard InChI is InChI=1S/C19H26N2O3/c1-2-14-5-3-4-6-17(14)24-13-18(22)20-16-9-11-21(12-10-16)19(23)15-7-8-15/h3-6,15-16H,2,7-13H2,1H3,(H,20,22). The number of hydrogen-bond acceptors (Lipinski definition) is 3. The highest BCUT2D eigenvalue weighted by Gasteiger charge is 2.35. The van der Waals surface area contributed by atoms with Gasteiger partial charge in [-0.1, -0.05) is 25.1 Å². The number of carbonyl (C=O) groups excluding carboxylic acids is 2. The van der Waals surface area contributed by atoms with Crippen molar-refractivity contribution in [2.24, 2.45) is 5.92 Å². The molecule has 2 fully saturated rings. The van der Waals surface area contributed by atoms with E-state index in [-0.39, 0.29) is 24.5 Å². The molecular formula is C19H26N2O3. The Hall–Kier alpha value is -2.04. The van der Waals surface area contributed by atoms with Crippen LogP contribution in [-0.4, -0.2) is 42.5 Å². The molecule has 0 aromatic heterocycles. The molecule has 130 valence electrons. The smallest absolute Gasteiger partial charge is 0.258 e. The molecule has 1 heterocycles. The second kappa shape index (κ2) is 7.69. The second-order valence-electron chi connectivity index (χ2n) is 6.69. The molecule has 0 unspecified atom stereocenters. The molecule has 1 saturated heterocycles. The topological polar surface area (TPSA) is 58.6 Å². The van der Waals surface area contributed by atoms with E-state index in [0.29, 0.717) is 5.91 Å². The van der Waals surface area contributed by atoms with Crippen molar-refractivity contribution in [1.82, 2.24) is 10.2 Å². The average molecular weight is 330 g/mol. The summed E-state index contributed by atoms with van der Waals surface area (Å²) < 4.78 is 5.65. The Kier molecular flexibility index (Phi) is 5.38. The first-order valence-electron chi connectivity index (χ1n) is 8.96. The molecule has 0 spiro atoms. The highest BCUT2D eigenvalue weighted by Crippen LogP contribution is 2.31. The summed E-state index contributed by atoms with van der Waals surface area (Å²) in [5.41, 5.74) is 1.11. The maximum atomic E-state index is 12.1. The van der Waals surface area contributed by atoms with Gasteiger partial charge in [0, 0.05) is 25.0 Å². The molecule has 2 amide bonds. The number of aryl methyl sites for hydroxylation is 1. The maximum absolute atomic E-state index is 12.1. The van der Waals surface area contributed by atoms with Crippen LogP contribution in [0.3, 0.4) is 0 Å². The van der Waals surface area contributed by atoms with Gasteiger partial charge in [-0.25, -0.2) is 0 Å². The number of likely N-dealkylation sites (tertiary alicyclic amines) is 1. The molecule has 3 rings (SSSR count). The first-order chi connectivity index (χ1) is 11.7. The number of ether oxygens (including phenoxy) is 1. The van der Waals surface area contributed by atoms with Crippen molar-refractivity contribution in [2.45, 2.75) is 45.1 Å². The fraction of sp³-hybridized carbons (Fsp3) is 0.579. The van der Waals surface area contributed by atoms with Gasteiger partial charge in [-0.05, 0) is 43.7 Å². The lowest BCUT2D eigenvalue weighted by molar-refractivity contribution is -0.133. The van der Waals surface area contributed by atoms with E-state index in [1.165, 1.54) is 0 Å². The van der Waals surface area contributed by atoms with E-state index in [2.05, 4.69) is 12.2 Å². The lowest BCUT2D eigenvalue weighted by Gasteiger charge is -2.32. The van der Waals surface area contributed by atoms with Crippen LogP contribution in [0.15, 0.2) is 24.3 Å². The summed E-state index contributed by atoms with van der Waals surface area (Å²) in [4.78, 5) is 26.1. The van der Waals surface area contributed by atoms with Gasteiger partial charge in [0.1, 0.15) is 5.75 Å². The van der Waals surface area contributed by atoms with Gasteiger partial charge in [0.15, 0.2) is 6.61 Å². The molecule has 5 heteroatoms. The molecule has 1 aliphatic carbocycles. The van der Waals surface area contributed by atoms with Crippen LogP contribution in [0.4, 0.5) is 0 Å². The van der Waals surface area contributed by atoms with Gasteiger partial charge in [-0.3, -0.25) is 9.59 Å². The molecule has 1 N–H and O–H groups in total. The van der Waals surface area contributed by atoms with Gasteiger partial charge in [0.05, 0.1) is 0 Å². The minimum atomic E-state index is -0.0899. The van der Waals surface area contributed by atoms with Crippen LogP contribution in [0.1, 0.15) is 38.2 Å². The number of carbonyl (C=O) groups is 2. The van der Waals surface area contributed by atoms with E-state index < -0.39 is 0 Å². The summed E-state index contributed by atoms with van der Waals surface area (Å²) in [5.74, 6) is 1.27. The van der Waals surface area contributed by atoms with E-state index in [4.69, 9.17) is 4.74 Å². The van der Waals surface area contributed by atoms with E-state index in [1.807, 2.05) is 29.2 Å². The molecule has 1 aliphatic heterocycles. The van der Waals surface area contributed by atoms with Crippen molar-refractivity contribution in [2.75, 3.05) is 19.7 Å². The van der Waals surface area contributed by atoms with Gasteiger partial charge in [0.25, 0.3) is 5.91 Å². The summed E-state index contributed by atoms with van der Waals surface area (Å²) in [5, 5.41) is 3.03. The van der Waals surface area contributed by atoms with Crippen molar-refractivity contribution >= 4 is 11.8 Å². The number of nitrogens with one attached hydrogen (secondary N) is 1. The Morgan fingerprint density at radius 2 is 1.88 bits per heavy atom. The molecule has 0 bridgehead atoms. The summed E-state index contributed by atoms with van der Waals surface area (Å²) >= 11 is 0. The van der Waals surface area contributed by atoms with Crippen LogP contribution in [0, 0.1) is 5.92 Å². The number of para-hydroxylation sites is 1. The molecule has 1 saturated carbocycles. The van der Waals surface area contributed by atoms with E-state index >= 15 is 0 Å². The Balaban J connectivity index is 1.40. The number of hydrogen-bond donors (Lipinski definition) is 1. The lowest BCUT2D eigenvalue weighted by Crippen LogP contribution is -2.47. The van der Waals surface area contributed by atoms with Crippen molar-refractivity contribution in [1.29, 1.82) is 0 Å². The highest BCUT2D eigenvalue weighted by atomic mass is 16.5. The van der Waals surface area contributed by atoms with Crippen LogP contribution in [0.2, 0.25) is 0 Å². The number of amides is 2. The monoisotopic (exact) mass is 330 g/mol. The number of piperidine rings is 1. The van der Waals surface area contributed by atoms with Crippen LogP contribution in [0.5, 0.6) is 5.75 Å². The minimum absolute atomic E-state index is 0.0399. The van der Waals surface area contributed by atoms with Crippen LogP contribution >= 0.6 is 0 Å². The van der Waals surface area contributed by atoms with Crippen LogP contribution in [0.25, 0.3) is 0 Å². The third kappa shape index (κ3) is 4.28. The third-order valence-electron chi connectivity index (χ3n) is 4.81. The molecule has 0 atom stereocenters. The largest absolute Gasteiger partial charge is 0.483 e. The first kappa shape index (κ1) is 16.8. The summed E-state index contributed by atoms with van der Waals surface area (Å²) in [6.07, 6.45) is 4.63. The Morgan fingerprint density at radius 3 is 2.54 bits per heavy atom. The normalized spacial score (nSPS) is 18.3. The Morgan fingerprint density at radius 1 is 1.17 bits per heavy atom.